The van der Waals surface area contributed by atoms with Crippen LogP contribution >= 0.6 is 0 Å². The summed E-state index contributed by atoms with van der Waals surface area (Å²) in [6, 6.07) is 0. The lowest BCUT2D eigenvalue weighted by atomic mass is 10.2. The topological polar surface area (TPSA) is 113 Å². The zero-order valence-corrected chi connectivity index (χ0v) is 12.3. The maximum Gasteiger partial charge on any atom is 0.280 e. The van der Waals surface area contributed by atoms with Gasteiger partial charge in [-0.05, 0) is 6.42 Å². The number of nitrogens with zero attached hydrogens (tertiary/aromatic N) is 3. The average molecular weight is 293 g/mol. The van der Waals surface area contributed by atoms with E-state index in [4.69, 9.17) is 0 Å². The quantitative estimate of drug-likeness (QED) is 0.742. The molecular formula is C13H19N5O3. The van der Waals surface area contributed by atoms with Crippen molar-refractivity contribution < 1.29 is 9.90 Å². The Balaban J connectivity index is 2.40. The van der Waals surface area contributed by atoms with Crippen LogP contribution in [-0.4, -0.2) is 36.6 Å². The first kappa shape index (κ1) is 15.2. The van der Waals surface area contributed by atoms with Crippen LogP contribution in [0.5, 0.6) is 0 Å². The monoisotopic (exact) mass is 293 g/mol. The van der Waals surface area contributed by atoms with Gasteiger partial charge in [0.05, 0.1) is 19.0 Å². The van der Waals surface area contributed by atoms with Crippen molar-refractivity contribution in [3.63, 3.8) is 0 Å². The van der Waals surface area contributed by atoms with Crippen LogP contribution < -0.4 is 10.9 Å². The highest BCUT2D eigenvalue weighted by atomic mass is 16.3. The van der Waals surface area contributed by atoms with Gasteiger partial charge in [-0.25, -0.2) is 4.98 Å². The third kappa shape index (κ3) is 3.27. The van der Waals surface area contributed by atoms with E-state index in [-0.39, 0.29) is 23.3 Å². The number of fused-ring (bicyclic) bond motifs is 1. The summed E-state index contributed by atoms with van der Waals surface area (Å²) in [5.74, 6) is -0.381. The largest absolute Gasteiger partial charge is 0.391 e. The van der Waals surface area contributed by atoms with Gasteiger partial charge in [0.25, 0.3) is 5.56 Å². The molecule has 0 bridgehead atoms. The van der Waals surface area contributed by atoms with Crippen LogP contribution in [0.2, 0.25) is 0 Å². The van der Waals surface area contributed by atoms with Crippen molar-refractivity contribution >= 4 is 23.0 Å². The molecule has 0 spiro atoms. The number of aliphatic hydroxyl groups excluding tert-OH is 1. The molecule has 1 atom stereocenters. The van der Waals surface area contributed by atoms with Crippen molar-refractivity contribution in [2.24, 2.45) is 5.92 Å². The minimum Gasteiger partial charge on any atom is -0.391 e. The van der Waals surface area contributed by atoms with Crippen LogP contribution in [0.25, 0.3) is 11.2 Å². The van der Waals surface area contributed by atoms with Crippen LogP contribution in [0.1, 0.15) is 27.2 Å². The highest BCUT2D eigenvalue weighted by molar-refractivity contribution is 5.91. The molecule has 0 unspecified atom stereocenters. The normalized spacial score (nSPS) is 12.8. The van der Waals surface area contributed by atoms with Crippen molar-refractivity contribution in [1.82, 2.24) is 19.5 Å². The summed E-state index contributed by atoms with van der Waals surface area (Å²) < 4.78 is 1.60. The number of aromatic nitrogens is 4. The van der Waals surface area contributed by atoms with Crippen molar-refractivity contribution in [2.45, 2.75) is 39.8 Å². The highest BCUT2D eigenvalue weighted by Crippen LogP contribution is 2.10. The zero-order valence-electron chi connectivity index (χ0n) is 12.3. The number of carbonyl (C=O) groups excluding carboxylic acids is 1. The Bertz CT molecular complexity index is 703. The van der Waals surface area contributed by atoms with Crippen LogP contribution in [0.4, 0.5) is 5.95 Å². The smallest absolute Gasteiger partial charge is 0.280 e. The Morgan fingerprint density at radius 3 is 2.86 bits per heavy atom. The van der Waals surface area contributed by atoms with Gasteiger partial charge in [0.15, 0.2) is 11.2 Å². The number of anilines is 1. The lowest BCUT2D eigenvalue weighted by molar-refractivity contribution is -0.118. The Hall–Kier alpha value is -2.22. The van der Waals surface area contributed by atoms with E-state index in [1.54, 1.807) is 18.4 Å². The molecule has 3 N–H and O–H groups in total. The highest BCUT2D eigenvalue weighted by Gasteiger charge is 2.14. The molecular weight excluding hydrogens is 274 g/mol. The van der Waals surface area contributed by atoms with Crippen molar-refractivity contribution in [3.05, 3.63) is 16.7 Å². The number of hydrogen-bond acceptors (Lipinski definition) is 5. The molecule has 0 saturated carbocycles. The first-order valence-electron chi connectivity index (χ1n) is 6.86. The van der Waals surface area contributed by atoms with Crippen molar-refractivity contribution in [1.29, 1.82) is 0 Å². The summed E-state index contributed by atoms with van der Waals surface area (Å²) in [7, 11) is 0. The van der Waals surface area contributed by atoms with Crippen molar-refractivity contribution in [3.8, 4) is 0 Å². The van der Waals surface area contributed by atoms with Crippen LogP contribution in [0.15, 0.2) is 11.1 Å². The van der Waals surface area contributed by atoms with E-state index >= 15 is 0 Å². The van der Waals surface area contributed by atoms with Gasteiger partial charge in [0, 0.05) is 5.92 Å². The summed E-state index contributed by atoms with van der Waals surface area (Å²) in [6.45, 7) is 5.64. The van der Waals surface area contributed by atoms with E-state index in [1.165, 1.54) is 6.33 Å². The minimum atomic E-state index is -0.544. The summed E-state index contributed by atoms with van der Waals surface area (Å²) >= 11 is 0. The molecule has 8 heteroatoms. The standard InChI is InChI=1S/C13H19N5O3/c1-4-8(19)5-18-6-14-9-10(18)15-13(17-12(9)21)16-11(20)7(2)3/h6-8,19H,4-5H2,1-3H3,(H2,15,16,17,20,21)/t8-/m0/s1. The summed E-state index contributed by atoms with van der Waals surface area (Å²) in [5, 5.41) is 12.3. The van der Waals surface area contributed by atoms with Gasteiger partial charge in [-0.2, -0.15) is 4.98 Å². The van der Waals surface area contributed by atoms with Gasteiger partial charge in [-0.1, -0.05) is 20.8 Å². The molecule has 0 aromatic carbocycles. The number of amides is 1. The fourth-order valence-corrected chi connectivity index (χ4v) is 1.76. The number of aliphatic hydroxyl groups is 1. The molecule has 0 radical (unpaired) electrons. The Morgan fingerprint density at radius 2 is 2.24 bits per heavy atom. The van der Waals surface area contributed by atoms with E-state index in [0.717, 1.165) is 0 Å². The number of nitrogens with one attached hydrogen (secondary N) is 2. The molecule has 1 amide bonds. The van der Waals surface area contributed by atoms with Crippen LogP contribution in [0, 0.1) is 5.92 Å². The van der Waals surface area contributed by atoms with E-state index < -0.39 is 11.7 Å². The molecule has 2 rings (SSSR count). The predicted molar refractivity (Wildman–Crippen MR) is 77.9 cm³/mol. The maximum absolute atomic E-state index is 11.9. The Kier molecular flexibility index (Phi) is 4.37. The van der Waals surface area contributed by atoms with Crippen LogP contribution in [0.3, 0.4) is 0 Å². The number of imidazole rings is 1. The van der Waals surface area contributed by atoms with Gasteiger partial charge < -0.3 is 9.67 Å². The van der Waals surface area contributed by atoms with E-state index in [1.807, 2.05) is 6.92 Å². The van der Waals surface area contributed by atoms with E-state index in [2.05, 4.69) is 20.3 Å². The molecule has 2 aromatic heterocycles. The molecule has 0 aliphatic heterocycles. The molecule has 114 valence electrons. The number of aromatic amines is 1. The fourth-order valence-electron chi connectivity index (χ4n) is 1.76. The van der Waals surface area contributed by atoms with Gasteiger partial charge >= 0.3 is 0 Å². The van der Waals surface area contributed by atoms with Crippen LogP contribution in [-0.2, 0) is 11.3 Å². The zero-order chi connectivity index (χ0) is 15.6. The fraction of sp³-hybridized carbons (Fsp3) is 0.538. The number of rotatable bonds is 5. The molecule has 2 aromatic rings. The first-order chi connectivity index (χ1) is 9.92. The maximum atomic E-state index is 11.9. The molecule has 2 heterocycles. The lowest BCUT2D eigenvalue weighted by Gasteiger charge is -2.10. The average Bonchev–Trinajstić information content (AvgIpc) is 2.82. The number of carbonyl (C=O) groups is 1. The van der Waals surface area contributed by atoms with E-state index in [9.17, 15) is 14.7 Å². The van der Waals surface area contributed by atoms with Crippen molar-refractivity contribution in [2.75, 3.05) is 5.32 Å². The van der Waals surface area contributed by atoms with Gasteiger partial charge in [-0.15, -0.1) is 0 Å². The van der Waals surface area contributed by atoms with Gasteiger partial charge in [-0.3, -0.25) is 19.9 Å². The summed E-state index contributed by atoms with van der Waals surface area (Å²) in [5.41, 5.74) is 0.0925. The molecule has 0 fully saturated rings. The third-order valence-corrected chi connectivity index (χ3v) is 3.12. The third-order valence-electron chi connectivity index (χ3n) is 3.12. The summed E-state index contributed by atoms with van der Waals surface area (Å²) in [6.07, 6.45) is 1.50. The lowest BCUT2D eigenvalue weighted by Crippen LogP contribution is -2.22. The first-order valence-corrected chi connectivity index (χ1v) is 6.86. The second-order valence-corrected chi connectivity index (χ2v) is 5.19. The van der Waals surface area contributed by atoms with Gasteiger partial charge in [0.2, 0.25) is 11.9 Å². The predicted octanol–water partition coefficient (Wildman–Crippen LogP) is 0.485. The minimum absolute atomic E-state index is 0.0824. The number of H-pyrrole nitrogens is 1. The molecule has 0 aliphatic carbocycles. The van der Waals surface area contributed by atoms with Gasteiger partial charge in [0.1, 0.15) is 0 Å². The Morgan fingerprint density at radius 1 is 1.52 bits per heavy atom. The Labute approximate surface area is 121 Å². The summed E-state index contributed by atoms with van der Waals surface area (Å²) in [4.78, 5) is 34.3. The molecule has 0 saturated heterocycles. The second-order valence-electron chi connectivity index (χ2n) is 5.19. The second kappa shape index (κ2) is 6.04. The molecule has 0 aliphatic rings. The number of hydrogen-bond donors (Lipinski definition) is 3. The SMILES string of the molecule is CC[C@H](O)Cn1cnc2c(=O)[nH]c(NC(=O)C(C)C)nc21. The molecule has 8 nitrogen and oxygen atoms in total. The molecule has 21 heavy (non-hydrogen) atoms. The van der Waals surface area contributed by atoms with E-state index in [0.29, 0.717) is 18.6 Å².